The Morgan fingerprint density at radius 1 is 1.24 bits per heavy atom. The molecule has 0 saturated heterocycles. The van der Waals surface area contributed by atoms with E-state index in [0.717, 1.165) is 5.56 Å². The van der Waals surface area contributed by atoms with Crippen molar-refractivity contribution in [3.8, 4) is 0 Å². The van der Waals surface area contributed by atoms with Crippen LogP contribution in [0.2, 0.25) is 5.02 Å². The Kier molecular flexibility index (Phi) is 7.29. The monoisotopic (exact) mass is 361 g/mol. The Balaban J connectivity index is 2.08. The largest absolute Gasteiger partial charge is 0.466 e. The number of rotatable bonds is 8. The highest BCUT2D eigenvalue weighted by molar-refractivity contribution is 6.31. The maximum Gasteiger partial charge on any atom is 0.307 e. The maximum atomic E-state index is 12.5. The van der Waals surface area contributed by atoms with Crippen molar-refractivity contribution in [3.63, 3.8) is 0 Å². The van der Waals surface area contributed by atoms with Crippen LogP contribution in [0.3, 0.4) is 0 Å². The third-order valence-electron chi connectivity index (χ3n) is 3.46. The molecule has 25 heavy (non-hydrogen) atoms. The smallest absolute Gasteiger partial charge is 0.307 e. The van der Waals surface area contributed by atoms with Crippen LogP contribution in [0.5, 0.6) is 0 Å². The molecule has 0 aliphatic carbocycles. The standard InChI is InChI=1S/C19H20ClNO4/c1-2-24-19(23)11-12-21(14-15-6-3-4-8-17(15)20)18(22)10-9-16-7-5-13-25-16/h3-10,13H,2,11-12,14H2,1H3/b10-9+. The number of hydrogen-bond donors (Lipinski definition) is 0. The molecule has 1 amide bonds. The summed E-state index contributed by atoms with van der Waals surface area (Å²) >= 11 is 6.18. The van der Waals surface area contributed by atoms with Gasteiger partial charge in [0.05, 0.1) is 19.3 Å². The number of halogens is 1. The number of furan rings is 1. The number of carbonyl (C=O) groups is 2. The molecule has 0 atom stereocenters. The first-order valence-electron chi connectivity index (χ1n) is 7.99. The molecule has 0 aliphatic rings. The van der Waals surface area contributed by atoms with Gasteiger partial charge in [-0.25, -0.2) is 0 Å². The van der Waals surface area contributed by atoms with Crippen LogP contribution in [-0.4, -0.2) is 29.9 Å². The van der Waals surface area contributed by atoms with Gasteiger partial charge >= 0.3 is 5.97 Å². The molecule has 1 heterocycles. The first-order valence-corrected chi connectivity index (χ1v) is 8.37. The Bertz CT molecular complexity index is 725. The summed E-state index contributed by atoms with van der Waals surface area (Å²) in [4.78, 5) is 25.7. The van der Waals surface area contributed by atoms with Gasteiger partial charge in [-0.15, -0.1) is 0 Å². The van der Waals surface area contributed by atoms with Gasteiger partial charge in [-0.3, -0.25) is 9.59 Å². The highest BCUT2D eigenvalue weighted by Gasteiger charge is 2.15. The Hall–Kier alpha value is -2.53. The van der Waals surface area contributed by atoms with Gasteiger partial charge in [0.1, 0.15) is 5.76 Å². The second kappa shape index (κ2) is 9.69. The predicted octanol–water partition coefficient (Wildman–Crippen LogP) is 3.93. The highest BCUT2D eigenvalue weighted by atomic mass is 35.5. The summed E-state index contributed by atoms with van der Waals surface area (Å²) in [5.41, 5.74) is 0.813. The Morgan fingerprint density at radius 2 is 2.04 bits per heavy atom. The van der Waals surface area contributed by atoms with Crippen molar-refractivity contribution in [2.45, 2.75) is 19.9 Å². The number of nitrogens with zero attached hydrogens (tertiary/aromatic N) is 1. The molecule has 0 spiro atoms. The molecule has 0 radical (unpaired) electrons. The molecule has 1 aromatic heterocycles. The molecule has 0 bridgehead atoms. The number of amides is 1. The summed E-state index contributed by atoms with van der Waals surface area (Å²) in [6.45, 7) is 2.61. The molecule has 0 saturated carbocycles. The van der Waals surface area contributed by atoms with Crippen LogP contribution in [0.4, 0.5) is 0 Å². The summed E-state index contributed by atoms with van der Waals surface area (Å²) in [6, 6.07) is 10.8. The SMILES string of the molecule is CCOC(=O)CCN(Cc1ccccc1Cl)C(=O)/C=C/c1ccco1. The van der Waals surface area contributed by atoms with E-state index in [1.165, 1.54) is 12.3 Å². The third kappa shape index (κ3) is 6.12. The summed E-state index contributed by atoms with van der Waals surface area (Å²) < 4.78 is 10.1. The molecule has 0 unspecified atom stereocenters. The zero-order valence-corrected chi connectivity index (χ0v) is 14.7. The molecule has 0 N–H and O–H groups in total. The van der Waals surface area contributed by atoms with Crippen LogP contribution in [0.1, 0.15) is 24.7 Å². The molecular weight excluding hydrogens is 342 g/mol. The summed E-state index contributed by atoms with van der Waals surface area (Å²) in [7, 11) is 0. The minimum Gasteiger partial charge on any atom is -0.466 e. The number of carbonyl (C=O) groups excluding carboxylic acids is 2. The van der Waals surface area contributed by atoms with Crippen LogP contribution in [0.15, 0.2) is 53.2 Å². The lowest BCUT2D eigenvalue weighted by Gasteiger charge is -2.21. The van der Waals surface area contributed by atoms with E-state index in [1.54, 1.807) is 36.1 Å². The van der Waals surface area contributed by atoms with Gasteiger partial charge in [-0.05, 0) is 36.8 Å². The van der Waals surface area contributed by atoms with E-state index in [4.69, 9.17) is 20.8 Å². The minimum atomic E-state index is -0.338. The number of hydrogen-bond acceptors (Lipinski definition) is 4. The zero-order valence-electron chi connectivity index (χ0n) is 14.0. The van der Waals surface area contributed by atoms with Crippen molar-refractivity contribution in [1.82, 2.24) is 4.90 Å². The van der Waals surface area contributed by atoms with Gasteiger partial charge in [0.15, 0.2) is 0 Å². The quantitative estimate of drug-likeness (QED) is 0.528. The van der Waals surface area contributed by atoms with Gasteiger partial charge in [-0.1, -0.05) is 29.8 Å². The molecule has 5 nitrogen and oxygen atoms in total. The highest BCUT2D eigenvalue weighted by Crippen LogP contribution is 2.17. The average molecular weight is 362 g/mol. The van der Waals surface area contributed by atoms with Crippen molar-refractivity contribution in [3.05, 3.63) is 65.1 Å². The minimum absolute atomic E-state index is 0.124. The Labute approximate surface area is 151 Å². The van der Waals surface area contributed by atoms with E-state index in [1.807, 2.05) is 18.2 Å². The Morgan fingerprint density at radius 3 is 2.72 bits per heavy atom. The van der Waals surface area contributed by atoms with Crippen molar-refractivity contribution in [2.24, 2.45) is 0 Å². The summed E-state index contributed by atoms with van der Waals surface area (Å²) in [6.07, 6.45) is 4.66. The van der Waals surface area contributed by atoms with Crippen LogP contribution >= 0.6 is 11.6 Å². The van der Waals surface area contributed by atoms with Gasteiger partial charge in [-0.2, -0.15) is 0 Å². The zero-order chi connectivity index (χ0) is 18.1. The predicted molar refractivity (Wildman–Crippen MR) is 95.9 cm³/mol. The first kappa shape index (κ1) is 18.8. The van der Waals surface area contributed by atoms with Crippen LogP contribution in [0, 0.1) is 0 Å². The fraction of sp³-hybridized carbons (Fsp3) is 0.263. The third-order valence-corrected chi connectivity index (χ3v) is 3.82. The van der Waals surface area contributed by atoms with E-state index in [2.05, 4.69) is 0 Å². The van der Waals surface area contributed by atoms with Crippen LogP contribution < -0.4 is 0 Å². The van der Waals surface area contributed by atoms with Gasteiger partial charge in [0.25, 0.3) is 0 Å². The maximum absolute atomic E-state index is 12.5. The fourth-order valence-corrected chi connectivity index (χ4v) is 2.40. The van der Waals surface area contributed by atoms with Gasteiger partial charge in [0.2, 0.25) is 5.91 Å². The van der Waals surface area contributed by atoms with Crippen molar-refractivity contribution >= 4 is 29.6 Å². The number of esters is 1. The number of benzene rings is 1. The first-order chi connectivity index (χ1) is 12.1. The summed E-state index contributed by atoms with van der Waals surface area (Å²) in [5, 5.41) is 0.575. The molecule has 6 heteroatoms. The molecule has 0 fully saturated rings. The van der Waals surface area contributed by atoms with Crippen molar-refractivity contribution < 1.29 is 18.7 Å². The molecule has 2 rings (SSSR count). The average Bonchev–Trinajstić information content (AvgIpc) is 3.12. The second-order valence-electron chi connectivity index (χ2n) is 5.25. The van der Waals surface area contributed by atoms with Gasteiger partial charge in [0, 0.05) is 24.2 Å². The van der Waals surface area contributed by atoms with E-state index >= 15 is 0 Å². The van der Waals surface area contributed by atoms with E-state index in [0.29, 0.717) is 23.9 Å². The van der Waals surface area contributed by atoms with Crippen molar-refractivity contribution in [1.29, 1.82) is 0 Å². The second-order valence-corrected chi connectivity index (χ2v) is 5.66. The van der Waals surface area contributed by atoms with E-state index in [9.17, 15) is 9.59 Å². The summed E-state index contributed by atoms with van der Waals surface area (Å²) in [5.74, 6) is 0.00604. The topological polar surface area (TPSA) is 59.8 Å². The lowest BCUT2D eigenvalue weighted by Crippen LogP contribution is -2.31. The molecule has 1 aromatic carbocycles. The van der Waals surface area contributed by atoms with Gasteiger partial charge < -0.3 is 14.1 Å². The van der Waals surface area contributed by atoms with Crippen LogP contribution in [-0.2, 0) is 20.9 Å². The lowest BCUT2D eigenvalue weighted by atomic mass is 10.2. The van der Waals surface area contributed by atoms with E-state index < -0.39 is 0 Å². The molecule has 132 valence electrons. The molecule has 0 aliphatic heterocycles. The van der Waals surface area contributed by atoms with E-state index in [-0.39, 0.29) is 24.8 Å². The number of ether oxygens (including phenoxy) is 1. The van der Waals surface area contributed by atoms with Crippen LogP contribution in [0.25, 0.3) is 6.08 Å². The molecule has 2 aromatic rings. The fourth-order valence-electron chi connectivity index (χ4n) is 2.20. The lowest BCUT2D eigenvalue weighted by molar-refractivity contribution is -0.143. The van der Waals surface area contributed by atoms with Crippen molar-refractivity contribution in [2.75, 3.05) is 13.2 Å². The normalized spacial score (nSPS) is 10.8. The molecular formula is C19H20ClNO4.